The summed E-state index contributed by atoms with van der Waals surface area (Å²) in [6.45, 7) is 4.30. The van der Waals surface area contributed by atoms with E-state index < -0.39 is 0 Å². The molecule has 0 N–H and O–H groups in total. The van der Waals surface area contributed by atoms with E-state index in [-0.39, 0.29) is 0 Å². The van der Waals surface area contributed by atoms with E-state index in [1.54, 1.807) is 0 Å². The minimum Gasteiger partial charge on any atom is -0.461 e. The summed E-state index contributed by atoms with van der Waals surface area (Å²) in [5, 5.41) is 1.20. The van der Waals surface area contributed by atoms with Gasteiger partial charge in [-0.05, 0) is 25.7 Å². The van der Waals surface area contributed by atoms with Crippen molar-refractivity contribution in [1.82, 2.24) is 4.90 Å². The van der Waals surface area contributed by atoms with Gasteiger partial charge in [-0.3, -0.25) is 0 Å². The van der Waals surface area contributed by atoms with Gasteiger partial charge in [0.15, 0.2) is 0 Å². The predicted molar refractivity (Wildman–Crippen MR) is 63.1 cm³/mol. The molecule has 1 heterocycles. The lowest BCUT2D eigenvalue weighted by Gasteiger charge is -2.11. The largest absolute Gasteiger partial charge is 0.461 e. The van der Waals surface area contributed by atoms with Crippen molar-refractivity contribution in [2.45, 2.75) is 13.3 Å². The molecular formula is C13H17NO. The number of hydrogen-bond donors (Lipinski definition) is 0. The number of benzene rings is 1. The van der Waals surface area contributed by atoms with Gasteiger partial charge in [-0.2, -0.15) is 0 Å². The molecule has 0 fully saturated rings. The highest BCUT2D eigenvalue weighted by molar-refractivity contribution is 5.77. The van der Waals surface area contributed by atoms with Crippen molar-refractivity contribution in [2.24, 2.45) is 0 Å². The van der Waals surface area contributed by atoms with Crippen LogP contribution in [0.15, 0.2) is 34.7 Å². The first-order chi connectivity index (χ1) is 7.29. The number of nitrogens with zero attached hydrogens (tertiary/aromatic N) is 1. The van der Waals surface area contributed by atoms with Gasteiger partial charge in [0.05, 0.1) is 0 Å². The van der Waals surface area contributed by atoms with Crippen LogP contribution >= 0.6 is 0 Å². The van der Waals surface area contributed by atoms with Crippen molar-refractivity contribution in [1.29, 1.82) is 0 Å². The molecule has 1 aromatic heterocycles. The number of rotatable bonds is 4. The fourth-order valence-electron chi connectivity index (χ4n) is 1.62. The van der Waals surface area contributed by atoms with Crippen LogP contribution in [0.4, 0.5) is 0 Å². The van der Waals surface area contributed by atoms with Crippen LogP contribution in [0.2, 0.25) is 0 Å². The summed E-state index contributed by atoms with van der Waals surface area (Å²) in [6, 6.07) is 10.3. The van der Waals surface area contributed by atoms with Crippen LogP contribution in [0, 0.1) is 0 Å². The molecule has 0 saturated heterocycles. The van der Waals surface area contributed by atoms with Crippen molar-refractivity contribution in [2.75, 3.05) is 20.1 Å². The Morgan fingerprint density at radius 1 is 1.27 bits per heavy atom. The molecule has 0 bridgehead atoms. The van der Waals surface area contributed by atoms with Crippen molar-refractivity contribution in [3.05, 3.63) is 36.1 Å². The predicted octanol–water partition coefficient (Wildman–Crippen LogP) is 2.93. The molecule has 0 saturated carbocycles. The molecule has 15 heavy (non-hydrogen) atoms. The zero-order valence-electron chi connectivity index (χ0n) is 9.36. The molecule has 0 amide bonds. The quantitative estimate of drug-likeness (QED) is 0.759. The highest BCUT2D eigenvalue weighted by atomic mass is 16.3. The van der Waals surface area contributed by atoms with E-state index in [2.05, 4.69) is 31.0 Å². The van der Waals surface area contributed by atoms with Crippen LogP contribution in [-0.2, 0) is 6.42 Å². The van der Waals surface area contributed by atoms with E-state index in [0.717, 1.165) is 30.9 Å². The molecule has 0 atom stereocenters. The zero-order chi connectivity index (χ0) is 10.7. The first-order valence-corrected chi connectivity index (χ1v) is 5.45. The van der Waals surface area contributed by atoms with Crippen molar-refractivity contribution in [3.63, 3.8) is 0 Å². The molecule has 0 aliphatic carbocycles. The summed E-state index contributed by atoms with van der Waals surface area (Å²) < 4.78 is 5.74. The Hall–Kier alpha value is -1.28. The third-order valence-electron chi connectivity index (χ3n) is 2.76. The summed E-state index contributed by atoms with van der Waals surface area (Å²) in [5.74, 6) is 1.08. The van der Waals surface area contributed by atoms with Gasteiger partial charge in [0, 0.05) is 18.4 Å². The maximum absolute atomic E-state index is 5.74. The third kappa shape index (κ3) is 2.39. The van der Waals surface area contributed by atoms with Crippen LogP contribution in [0.5, 0.6) is 0 Å². The number of hydrogen-bond acceptors (Lipinski definition) is 2. The first kappa shape index (κ1) is 10.2. The second-order valence-corrected chi connectivity index (χ2v) is 3.90. The fourth-order valence-corrected chi connectivity index (χ4v) is 1.62. The normalized spacial score (nSPS) is 11.4. The maximum atomic E-state index is 5.74. The van der Waals surface area contributed by atoms with Crippen LogP contribution in [0.25, 0.3) is 11.0 Å². The molecule has 0 aliphatic heterocycles. The first-order valence-electron chi connectivity index (χ1n) is 5.45. The summed E-state index contributed by atoms with van der Waals surface area (Å²) >= 11 is 0. The molecular weight excluding hydrogens is 186 g/mol. The Balaban J connectivity index is 2.09. The number of furan rings is 1. The Kier molecular flexibility index (Phi) is 3.07. The van der Waals surface area contributed by atoms with E-state index in [0.29, 0.717) is 0 Å². The molecule has 80 valence electrons. The Bertz CT molecular complexity index is 400. The summed E-state index contributed by atoms with van der Waals surface area (Å²) in [4.78, 5) is 2.28. The standard InChI is InChI=1S/C13H17NO/c1-3-14(2)9-8-12-10-11-6-4-5-7-13(11)15-12/h4-7,10H,3,8-9H2,1-2H3. The lowest BCUT2D eigenvalue weighted by molar-refractivity contribution is 0.346. The van der Waals surface area contributed by atoms with Crippen molar-refractivity contribution >= 4 is 11.0 Å². The highest BCUT2D eigenvalue weighted by Gasteiger charge is 2.03. The van der Waals surface area contributed by atoms with E-state index >= 15 is 0 Å². The lowest BCUT2D eigenvalue weighted by atomic mass is 10.2. The smallest absolute Gasteiger partial charge is 0.134 e. The number of para-hydroxylation sites is 1. The molecule has 0 radical (unpaired) electrons. The molecule has 1 aromatic carbocycles. The Morgan fingerprint density at radius 2 is 2.07 bits per heavy atom. The number of likely N-dealkylation sites (N-methyl/N-ethyl adjacent to an activating group) is 1. The third-order valence-corrected chi connectivity index (χ3v) is 2.76. The molecule has 0 unspecified atom stereocenters. The second-order valence-electron chi connectivity index (χ2n) is 3.90. The fraction of sp³-hybridized carbons (Fsp3) is 0.385. The maximum Gasteiger partial charge on any atom is 0.134 e. The van der Waals surface area contributed by atoms with Gasteiger partial charge in [-0.15, -0.1) is 0 Å². The zero-order valence-corrected chi connectivity index (χ0v) is 9.36. The average Bonchev–Trinajstić information content (AvgIpc) is 2.68. The van der Waals surface area contributed by atoms with E-state index in [9.17, 15) is 0 Å². The van der Waals surface area contributed by atoms with Crippen LogP contribution in [0.1, 0.15) is 12.7 Å². The number of fused-ring (bicyclic) bond motifs is 1. The van der Waals surface area contributed by atoms with Gasteiger partial charge in [-0.25, -0.2) is 0 Å². The van der Waals surface area contributed by atoms with Gasteiger partial charge < -0.3 is 9.32 Å². The average molecular weight is 203 g/mol. The van der Waals surface area contributed by atoms with E-state index in [4.69, 9.17) is 4.42 Å². The van der Waals surface area contributed by atoms with Crippen molar-refractivity contribution in [3.8, 4) is 0 Å². The molecule has 0 aliphatic rings. The van der Waals surface area contributed by atoms with Gasteiger partial charge in [-0.1, -0.05) is 25.1 Å². The van der Waals surface area contributed by atoms with Gasteiger partial charge in [0.25, 0.3) is 0 Å². The van der Waals surface area contributed by atoms with Gasteiger partial charge in [0.1, 0.15) is 11.3 Å². The Morgan fingerprint density at radius 3 is 2.80 bits per heavy atom. The summed E-state index contributed by atoms with van der Waals surface area (Å²) in [7, 11) is 2.13. The molecule has 2 rings (SSSR count). The summed E-state index contributed by atoms with van der Waals surface area (Å²) in [6.07, 6.45) is 0.985. The van der Waals surface area contributed by atoms with Gasteiger partial charge >= 0.3 is 0 Å². The lowest BCUT2D eigenvalue weighted by Crippen LogP contribution is -2.20. The van der Waals surface area contributed by atoms with Crippen LogP contribution in [0.3, 0.4) is 0 Å². The minimum atomic E-state index is 0.985. The van der Waals surface area contributed by atoms with E-state index in [1.807, 2.05) is 18.2 Å². The summed E-state index contributed by atoms with van der Waals surface area (Å²) in [5.41, 5.74) is 0.992. The monoisotopic (exact) mass is 203 g/mol. The van der Waals surface area contributed by atoms with E-state index in [1.165, 1.54) is 5.39 Å². The molecule has 2 nitrogen and oxygen atoms in total. The molecule has 0 spiro atoms. The minimum absolute atomic E-state index is 0.985. The second kappa shape index (κ2) is 4.49. The van der Waals surface area contributed by atoms with Gasteiger partial charge in [0.2, 0.25) is 0 Å². The van der Waals surface area contributed by atoms with Crippen LogP contribution in [-0.4, -0.2) is 25.0 Å². The van der Waals surface area contributed by atoms with Crippen LogP contribution < -0.4 is 0 Å². The Labute approximate surface area is 90.5 Å². The molecule has 2 aromatic rings. The van der Waals surface area contributed by atoms with Crippen molar-refractivity contribution < 1.29 is 4.42 Å². The molecule has 2 heteroatoms. The highest BCUT2D eigenvalue weighted by Crippen LogP contribution is 2.18. The topological polar surface area (TPSA) is 16.4 Å². The SMILES string of the molecule is CCN(C)CCc1cc2ccccc2o1.